The van der Waals surface area contributed by atoms with Crippen LogP contribution in [0.2, 0.25) is 0 Å². The van der Waals surface area contributed by atoms with Gasteiger partial charge in [0.15, 0.2) is 0 Å². The van der Waals surface area contributed by atoms with Crippen molar-refractivity contribution in [2.45, 2.75) is 40.0 Å². The highest BCUT2D eigenvalue weighted by Crippen LogP contribution is 2.20. The third kappa shape index (κ3) is 6.90. The van der Waals surface area contributed by atoms with Gasteiger partial charge in [0, 0.05) is 19.2 Å². The second kappa shape index (κ2) is 11.0. The molecular weight excluding hydrogens is 272 g/mol. The van der Waals surface area contributed by atoms with E-state index in [1.165, 1.54) is 0 Å². The highest BCUT2D eigenvalue weighted by Gasteiger charge is 2.05. The van der Waals surface area contributed by atoms with Gasteiger partial charge in [-0.2, -0.15) is 0 Å². The average molecular weight is 302 g/mol. The molecule has 0 spiro atoms. The molecule has 0 aromatic heterocycles. The number of nitrogens with zero attached hydrogens (tertiary/aromatic N) is 1. The van der Waals surface area contributed by atoms with E-state index in [-0.39, 0.29) is 5.91 Å². The number of rotatable bonds is 10. The monoisotopic (exact) mass is 302 g/mol. The zero-order valence-corrected chi connectivity index (χ0v) is 14.3. The minimum Gasteiger partial charge on any atom is -0.351 e. The van der Waals surface area contributed by atoms with Crippen molar-refractivity contribution >= 4 is 11.5 Å². The Balaban J connectivity index is 2.61. The lowest BCUT2D eigenvalue weighted by Gasteiger charge is -2.17. The molecule has 1 N–H and O–H groups in total. The average Bonchev–Trinajstić information content (AvgIpc) is 2.56. The highest BCUT2D eigenvalue weighted by atomic mass is 16.1. The molecule has 0 radical (unpaired) electrons. The van der Waals surface area contributed by atoms with Crippen LogP contribution < -0.4 is 5.32 Å². The Morgan fingerprint density at radius 1 is 1.14 bits per heavy atom. The fraction of sp³-hybridized carbons (Fsp3) is 0.526. The summed E-state index contributed by atoms with van der Waals surface area (Å²) in [7, 11) is 0. The van der Waals surface area contributed by atoms with E-state index in [2.05, 4.69) is 43.1 Å². The number of benzene rings is 1. The van der Waals surface area contributed by atoms with Crippen LogP contribution in [0, 0.1) is 0 Å². The quantitative estimate of drug-likeness (QED) is 0.668. The van der Waals surface area contributed by atoms with Crippen LogP contribution in [-0.2, 0) is 4.79 Å². The van der Waals surface area contributed by atoms with Gasteiger partial charge >= 0.3 is 0 Å². The van der Waals surface area contributed by atoms with Crippen molar-refractivity contribution in [3.05, 3.63) is 42.0 Å². The number of carbonyl (C=O) groups is 1. The lowest BCUT2D eigenvalue weighted by Crippen LogP contribution is -2.34. The molecule has 0 atom stereocenters. The van der Waals surface area contributed by atoms with E-state index in [9.17, 15) is 4.79 Å². The molecule has 1 aromatic rings. The van der Waals surface area contributed by atoms with Crippen LogP contribution in [0.15, 0.2) is 36.4 Å². The standard InChI is InChI=1S/C19H30N2O/c1-4-7-11-18(17-12-9-8-10-13-17)16-19(22)20-14-15-21(5-2)6-3/h8-10,12-13,16H,4-7,11,14-15H2,1-3H3,(H,20,22). The SMILES string of the molecule is CCCCC(=CC(=O)NCCN(CC)CC)c1ccccc1. The number of hydrogen-bond acceptors (Lipinski definition) is 2. The van der Waals surface area contributed by atoms with Crippen molar-refractivity contribution in [2.75, 3.05) is 26.2 Å². The van der Waals surface area contributed by atoms with Gasteiger partial charge in [0.2, 0.25) is 5.91 Å². The largest absolute Gasteiger partial charge is 0.351 e. The molecule has 0 saturated heterocycles. The van der Waals surface area contributed by atoms with Gasteiger partial charge in [0.1, 0.15) is 0 Å². The molecule has 1 aromatic carbocycles. The van der Waals surface area contributed by atoms with Gasteiger partial charge in [-0.15, -0.1) is 0 Å². The molecule has 0 heterocycles. The lowest BCUT2D eigenvalue weighted by molar-refractivity contribution is -0.116. The molecular formula is C19H30N2O. The second-order valence-electron chi connectivity index (χ2n) is 5.46. The fourth-order valence-corrected chi connectivity index (χ4v) is 2.41. The molecule has 3 heteroatoms. The highest BCUT2D eigenvalue weighted by molar-refractivity contribution is 5.95. The second-order valence-corrected chi connectivity index (χ2v) is 5.46. The Morgan fingerprint density at radius 2 is 1.82 bits per heavy atom. The van der Waals surface area contributed by atoms with Gasteiger partial charge in [-0.25, -0.2) is 0 Å². The van der Waals surface area contributed by atoms with Crippen molar-refractivity contribution < 1.29 is 4.79 Å². The maximum Gasteiger partial charge on any atom is 0.244 e. The normalized spacial score (nSPS) is 11.7. The Morgan fingerprint density at radius 3 is 2.41 bits per heavy atom. The van der Waals surface area contributed by atoms with Crippen LogP contribution >= 0.6 is 0 Å². The topological polar surface area (TPSA) is 32.3 Å². The smallest absolute Gasteiger partial charge is 0.244 e. The lowest BCUT2D eigenvalue weighted by atomic mass is 10.00. The Kier molecular flexibility index (Phi) is 9.24. The summed E-state index contributed by atoms with van der Waals surface area (Å²) in [4.78, 5) is 14.4. The van der Waals surface area contributed by atoms with Gasteiger partial charge in [-0.3, -0.25) is 4.79 Å². The number of carbonyl (C=O) groups excluding carboxylic acids is 1. The van der Waals surface area contributed by atoms with E-state index in [1.807, 2.05) is 18.2 Å². The third-order valence-electron chi connectivity index (χ3n) is 3.87. The van der Waals surface area contributed by atoms with Crippen molar-refractivity contribution in [2.24, 2.45) is 0 Å². The first kappa shape index (κ1) is 18.4. The van der Waals surface area contributed by atoms with Gasteiger partial charge in [-0.05, 0) is 37.1 Å². The van der Waals surface area contributed by atoms with Crippen LogP contribution in [0.1, 0.15) is 45.6 Å². The number of unbranched alkanes of at least 4 members (excludes halogenated alkanes) is 1. The van der Waals surface area contributed by atoms with E-state index < -0.39 is 0 Å². The Hall–Kier alpha value is -1.61. The van der Waals surface area contributed by atoms with Crippen molar-refractivity contribution in [3.8, 4) is 0 Å². The molecule has 122 valence electrons. The summed E-state index contributed by atoms with van der Waals surface area (Å²) in [6, 6.07) is 10.2. The van der Waals surface area contributed by atoms with Gasteiger partial charge in [0.25, 0.3) is 0 Å². The van der Waals surface area contributed by atoms with Crippen LogP contribution in [-0.4, -0.2) is 37.0 Å². The van der Waals surface area contributed by atoms with Crippen LogP contribution in [0.5, 0.6) is 0 Å². The zero-order chi connectivity index (χ0) is 16.2. The molecule has 1 rings (SSSR count). The summed E-state index contributed by atoms with van der Waals surface area (Å²) in [6.07, 6.45) is 4.96. The Labute approximate surface area is 135 Å². The molecule has 3 nitrogen and oxygen atoms in total. The molecule has 0 aliphatic rings. The summed E-state index contributed by atoms with van der Waals surface area (Å²) < 4.78 is 0. The van der Waals surface area contributed by atoms with Crippen LogP contribution in [0.3, 0.4) is 0 Å². The van der Waals surface area contributed by atoms with E-state index in [0.29, 0.717) is 6.54 Å². The molecule has 0 bridgehead atoms. The number of amides is 1. The third-order valence-corrected chi connectivity index (χ3v) is 3.87. The summed E-state index contributed by atoms with van der Waals surface area (Å²) in [5, 5.41) is 3.00. The van der Waals surface area contributed by atoms with E-state index in [1.54, 1.807) is 6.08 Å². The molecule has 0 fully saturated rings. The first-order valence-corrected chi connectivity index (χ1v) is 8.47. The van der Waals surface area contributed by atoms with E-state index in [0.717, 1.165) is 50.0 Å². The van der Waals surface area contributed by atoms with Crippen LogP contribution in [0.4, 0.5) is 0 Å². The minimum atomic E-state index is 0.0158. The van der Waals surface area contributed by atoms with Crippen LogP contribution in [0.25, 0.3) is 5.57 Å². The number of allylic oxidation sites excluding steroid dienone is 1. The zero-order valence-electron chi connectivity index (χ0n) is 14.3. The summed E-state index contributed by atoms with van der Waals surface area (Å²) >= 11 is 0. The maximum absolute atomic E-state index is 12.1. The predicted molar refractivity (Wildman–Crippen MR) is 94.7 cm³/mol. The molecule has 0 saturated carbocycles. The molecule has 1 amide bonds. The summed E-state index contributed by atoms with van der Waals surface area (Å²) in [5.74, 6) is 0.0158. The summed E-state index contributed by atoms with van der Waals surface area (Å²) in [5.41, 5.74) is 2.28. The first-order chi connectivity index (χ1) is 10.7. The first-order valence-electron chi connectivity index (χ1n) is 8.47. The number of likely N-dealkylation sites (N-methyl/N-ethyl adjacent to an activating group) is 1. The van der Waals surface area contributed by atoms with Crippen molar-refractivity contribution in [1.29, 1.82) is 0 Å². The van der Waals surface area contributed by atoms with E-state index >= 15 is 0 Å². The molecule has 0 aliphatic heterocycles. The van der Waals surface area contributed by atoms with Gasteiger partial charge in [0.05, 0.1) is 0 Å². The van der Waals surface area contributed by atoms with Crippen molar-refractivity contribution in [1.82, 2.24) is 10.2 Å². The number of nitrogens with one attached hydrogen (secondary N) is 1. The van der Waals surface area contributed by atoms with Gasteiger partial charge < -0.3 is 10.2 Å². The Bertz CT molecular complexity index is 450. The van der Waals surface area contributed by atoms with E-state index in [4.69, 9.17) is 0 Å². The predicted octanol–water partition coefficient (Wildman–Crippen LogP) is 3.72. The fourth-order valence-electron chi connectivity index (χ4n) is 2.41. The molecule has 22 heavy (non-hydrogen) atoms. The van der Waals surface area contributed by atoms with Gasteiger partial charge in [-0.1, -0.05) is 57.5 Å². The summed E-state index contributed by atoms with van der Waals surface area (Å²) in [6.45, 7) is 10.1. The number of hydrogen-bond donors (Lipinski definition) is 1. The van der Waals surface area contributed by atoms with Crippen molar-refractivity contribution in [3.63, 3.8) is 0 Å². The minimum absolute atomic E-state index is 0.0158. The maximum atomic E-state index is 12.1. The molecule has 0 aliphatic carbocycles. The molecule has 0 unspecified atom stereocenters.